The largest absolute Gasteiger partial charge is 0.490 e. The molecule has 1 aromatic heterocycles. The first-order chi connectivity index (χ1) is 13.6. The number of nitrogens with zero attached hydrogens (tertiary/aromatic N) is 1. The SMILES string of the molecule is C=CCOc1c(OCC)cccc1C(C[N+](=O)[O-])c1c(C)[nH]c2ccccc12. The highest BCUT2D eigenvalue weighted by atomic mass is 16.6. The Morgan fingerprint density at radius 2 is 2.00 bits per heavy atom. The van der Waals surface area contributed by atoms with Gasteiger partial charge in [0.25, 0.3) is 0 Å². The summed E-state index contributed by atoms with van der Waals surface area (Å²) in [4.78, 5) is 14.6. The molecule has 3 aromatic rings. The fraction of sp³-hybridized carbons (Fsp3) is 0.273. The van der Waals surface area contributed by atoms with Crippen LogP contribution in [0.25, 0.3) is 10.9 Å². The van der Waals surface area contributed by atoms with Gasteiger partial charge in [-0.1, -0.05) is 43.0 Å². The molecule has 0 bridgehead atoms. The van der Waals surface area contributed by atoms with Gasteiger partial charge < -0.3 is 14.5 Å². The van der Waals surface area contributed by atoms with Crippen LogP contribution in [0.1, 0.15) is 29.7 Å². The van der Waals surface area contributed by atoms with Gasteiger partial charge in [-0.25, -0.2) is 0 Å². The van der Waals surface area contributed by atoms with E-state index in [-0.39, 0.29) is 18.1 Å². The fourth-order valence-electron chi connectivity index (χ4n) is 3.61. The second-order valence-electron chi connectivity index (χ2n) is 6.48. The average Bonchev–Trinajstić information content (AvgIpc) is 3.00. The lowest BCUT2D eigenvalue weighted by molar-refractivity contribution is -0.481. The molecular formula is C22H24N2O4. The van der Waals surface area contributed by atoms with Crippen LogP contribution in [-0.4, -0.2) is 29.7 Å². The van der Waals surface area contributed by atoms with E-state index in [1.807, 2.05) is 56.3 Å². The van der Waals surface area contributed by atoms with Crippen molar-refractivity contribution in [2.75, 3.05) is 19.8 Å². The standard InChI is InChI=1S/C22H24N2O4/c1-4-13-28-22-16(10-8-12-20(22)27-5-2)18(14-24(25)26)21-15(3)23-19-11-7-6-9-17(19)21/h4,6-12,18,23H,1,5,13-14H2,2-3H3. The number of aromatic nitrogens is 1. The molecule has 1 atom stereocenters. The topological polar surface area (TPSA) is 77.4 Å². The monoisotopic (exact) mass is 380 g/mol. The van der Waals surface area contributed by atoms with E-state index < -0.39 is 5.92 Å². The van der Waals surface area contributed by atoms with Crippen LogP contribution in [0.2, 0.25) is 0 Å². The fourth-order valence-corrected chi connectivity index (χ4v) is 3.61. The van der Waals surface area contributed by atoms with E-state index in [2.05, 4.69) is 11.6 Å². The number of fused-ring (bicyclic) bond motifs is 1. The highest BCUT2D eigenvalue weighted by molar-refractivity contribution is 5.86. The Balaban J connectivity index is 2.22. The molecule has 0 fully saturated rings. The van der Waals surface area contributed by atoms with Crippen LogP contribution in [-0.2, 0) is 0 Å². The lowest BCUT2D eigenvalue weighted by Crippen LogP contribution is -2.16. The molecule has 3 rings (SSSR count). The summed E-state index contributed by atoms with van der Waals surface area (Å²) in [6, 6.07) is 13.4. The van der Waals surface area contributed by atoms with E-state index in [1.165, 1.54) is 0 Å². The summed E-state index contributed by atoms with van der Waals surface area (Å²) in [5, 5.41) is 12.5. The van der Waals surface area contributed by atoms with Crippen molar-refractivity contribution in [2.24, 2.45) is 0 Å². The number of aromatic amines is 1. The van der Waals surface area contributed by atoms with Crippen molar-refractivity contribution in [1.29, 1.82) is 0 Å². The molecular weight excluding hydrogens is 356 g/mol. The Morgan fingerprint density at radius 1 is 1.21 bits per heavy atom. The third kappa shape index (κ3) is 3.86. The van der Waals surface area contributed by atoms with E-state index in [1.54, 1.807) is 6.08 Å². The average molecular weight is 380 g/mol. The molecule has 0 aliphatic carbocycles. The van der Waals surface area contributed by atoms with E-state index in [0.29, 0.717) is 18.1 Å². The molecule has 0 aliphatic heterocycles. The third-order valence-corrected chi connectivity index (χ3v) is 4.65. The minimum Gasteiger partial charge on any atom is -0.490 e. The maximum atomic E-state index is 11.6. The number of ether oxygens (including phenoxy) is 2. The third-order valence-electron chi connectivity index (χ3n) is 4.65. The number of benzene rings is 2. The van der Waals surface area contributed by atoms with Gasteiger partial charge in [0.2, 0.25) is 6.54 Å². The molecule has 0 amide bonds. The highest BCUT2D eigenvalue weighted by Gasteiger charge is 2.29. The number of nitrogens with one attached hydrogen (secondary N) is 1. The maximum Gasteiger partial charge on any atom is 0.214 e. The van der Waals surface area contributed by atoms with Crippen LogP contribution < -0.4 is 9.47 Å². The van der Waals surface area contributed by atoms with Crippen molar-refractivity contribution in [3.63, 3.8) is 0 Å². The smallest absolute Gasteiger partial charge is 0.214 e. The molecule has 0 aliphatic rings. The molecule has 0 radical (unpaired) electrons. The van der Waals surface area contributed by atoms with Gasteiger partial charge in [-0.15, -0.1) is 0 Å². The van der Waals surface area contributed by atoms with E-state index >= 15 is 0 Å². The Hall–Kier alpha value is -3.28. The summed E-state index contributed by atoms with van der Waals surface area (Å²) in [6.07, 6.45) is 1.64. The van der Waals surface area contributed by atoms with Gasteiger partial charge in [0, 0.05) is 27.1 Å². The molecule has 28 heavy (non-hydrogen) atoms. The summed E-state index contributed by atoms with van der Waals surface area (Å²) in [5.41, 5.74) is 3.50. The second-order valence-corrected chi connectivity index (χ2v) is 6.48. The first-order valence-corrected chi connectivity index (χ1v) is 9.25. The van der Waals surface area contributed by atoms with Crippen molar-refractivity contribution < 1.29 is 14.4 Å². The Labute approximate surface area is 163 Å². The lowest BCUT2D eigenvalue weighted by atomic mass is 9.88. The van der Waals surface area contributed by atoms with Crippen molar-refractivity contribution in [1.82, 2.24) is 4.98 Å². The Kier molecular flexibility index (Phi) is 5.99. The molecule has 6 heteroatoms. The highest BCUT2D eigenvalue weighted by Crippen LogP contribution is 2.42. The van der Waals surface area contributed by atoms with Gasteiger partial charge in [-0.2, -0.15) is 0 Å². The molecule has 146 valence electrons. The Morgan fingerprint density at radius 3 is 2.71 bits per heavy atom. The molecule has 6 nitrogen and oxygen atoms in total. The van der Waals surface area contributed by atoms with Crippen LogP contribution in [0.4, 0.5) is 0 Å². The first kappa shape index (κ1) is 19.5. The van der Waals surface area contributed by atoms with Gasteiger partial charge in [-0.3, -0.25) is 10.1 Å². The second kappa shape index (κ2) is 8.61. The van der Waals surface area contributed by atoms with Crippen molar-refractivity contribution in [3.05, 3.63) is 82.1 Å². The number of hydrogen-bond donors (Lipinski definition) is 1. The van der Waals surface area contributed by atoms with Crippen LogP contribution in [0.3, 0.4) is 0 Å². The number of aryl methyl sites for hydroxylation is 1. The number of rotatable bonds is 9. The minimum atomic E-state index is -0.480. The molecule has 0 saturated heterocycles. The summed E-state index contributed by atoms with van der Waals surface area (Å²) in [7, 11) is 0. The van der Waals surface area contributed by atoms with Gasteiger partial charge in [0.15, 0.2) is 11.5 Å². The molecule has 1 heterocycles. The van der Waals surface area contributed by atoms with Gasteiger partial charge >= 0.3 is 0 Å². The number of hydrogen-bond acceptors (Lipinski definition) is 4. The summed E-state index contributed by atoms with van der Waals surface area (Å²) < 4.78 is 11.6. The molecule has 0 saturated carbocycles. The van der Waals surface area contributed by atoms with Gasteiger partial charge in [-0.05, 0) is 31.5 Å². The van der Waals surface area contributed by atoms with Crippen LogP contribution >= 0.6 is 0 Å². The zero-order valence-electron chi connectivity index (χ0n) is 16.1. The minimum absolute atomic E-state index is 0.247. The van der Waals surface area contributed by atoms with E-state index in [0.717, 1.165) is 27.7 Å². The summed E-state index contributed by atoms with van der Waals surface area (Å²) >= 11 is 0. The predicted molar refractivity (Wildman–Crippen MR) is 110 cm³/mol. The van der Waals surface area contributed by atoms with Crippen LogP contribution in [0.15, 0.2) is 55.1 Å². The molecule has 0 spiro atoms. The number of nitro groups is 1. The zero-order chi connectivity index (χ0) is 20.1. The van der Waals surface area contributed by atoms with Crippen LogP contribution in [0.5, 0.6) is 11.5 Å². The normalized spacial score (nSPS) is 11.9. The van der Waals surface area contributed by atoms with Crippen LogP contribution in [0, 0.1) is 17.0 Å². The Bertz CT molecular complexity index is 993. The zero-order valence-corrected chi connectivity index (χ0v) is 16.1. The number of para-hydroxylation sites is 2. The van der Waals surface area contributed by atoms with Crippen molar-refractivity contribution in [3.8, 4) is 11.5 Å². The summed E-state index contributed by atoms with van der Waals surface area (Å²) in [6.45, 7) is 8.05. The van der Waals surface area contributed by atoms with Crippen molar-refractivity contribution in [2.45, 2.75) is 19.8 Å². The van der Waals surface area contributed by atoms with E-state index in [9.17, 15) is 10.1 Å². The maximum absolute atomic E-state index is 11.6. The van der Waals surface area contributed by atoms with E-state index in [4.69, 9.17) is 9.47 Å². The molecule has 1 unspecified atom stereocenters. The lowest BCUT2D eigenvalue weighted by Gasteiger charge is -2.20. The predicted octanol–water partition coefficient (Wildman–Crippen LogP) is 4.85. The van der Waals surface area contributed by atoms with Crippen molar-refractivity contribution >= 4 is 10.9 Å². The first-order valence-electron chi connectivity index (χ1n) is 9.25. The quantitative estimate of drug-likeness (QED) is 0.327. The van der Waals surface area contributed by atoms with Gasteiger partial charge in [0.05, 0.1) is 12.5 Å². The van der Waals surface area contributed by atoms with Gasteiger partial charge in [0.1, 0.15) is 6.61 Å². The molecule has 1 N–H and O–H groups in total. The summed E-state index contributed by atoms with van der Waals surface area (Å²) in [5.74, 6) is 0.625. The molecule has 2 aromatic carbocycles. The number of H-pyrrole nitrogens is 1.